The Morgan fingerprint density at radius 3 is 2.74 bits per heavy atom. The normalized spacial score (nSPS) is 19.2. The molecule has 1 aliphatic rings. The van der Waals surface area contributed by atoms with Gasteiger partial charge in [-0.05, 0) is 36.1 Å². The number of thiophene rings is 1. The summed E-state index contributed by atoms with van der Waals surface area (Å²) in [5.41, 5.74) is -0.111. The van der Waals surface area contributed by atoms with Crippen LogP contribution >= 0.6 is 11.3 Å². The van der Waals surface area contributed by atoms with Crippen LogP contribution in [0.2, 0.25) is 0 Å². The van der Waals surface area contributed by atoms with Gasteiger partial charge in [-0.2, -0.15) is 5.26 Å². The molecule has 0 bridgehead atoms. The predicted octanol–water partition coefficient (Wildman–Crippen LogP) is 3.24. The van der Waals surface area contributed by atoms with E-state index in [0.29, 0.717) is 16.9 Å². The highest BCUT2D eigenvalue weighted by Gasteiger charge is 2.49. The fraction of sp³-hybridized carbons (Fsp3) is 0.158. The lowest BCUT2D eigenvalue weighted by molar-refractivity contribution is -0.131. The first-order chi connectivity index (χ1) is 13.0. The molecular weight excluding hydrogens is 364 g/mol. The number of carbonyl (C=O) groups is 2. The van der Waals surface area contributed by atoms with Crippen LogP contribution in [-0.4, -0.2) is 21.8 Å². The van der Waals surface area contributed by atoms with E-state index < -0.39 is 17.5 Å². The minimum absolute atomic E-state index is 0.0537. The monoisotopic (exact) mass is 378 g/mol. The summed E-state index contributed by atoms with van der Waals surface area (Å²) in [4.78, 5) is 31.5. The van der Waals surface area contributed by atoms with Crippen LogP contribution < -0.4 is 5.32 Å². The van der Waals surface area contributed by atoms with Gasteiger partial charge in [0, 0.05) is 0 Å². The Balaban J connectivity index is 1.57. The molecule has 1 aromatic carbocycles. The first-order valence-electron chi connectivity index (χ1n) is 8.14. The number of rotatable bonds is 4. The summed E-state index contributed by atoms with van der Waals surface area (Å²) in [7, 11) is 0. The molecule has 0 saturated carbocycles. The number of imide groups is 1. The predicted molar refractivity (Wildman–Crippen MR) is 97.4 cm³/mol. The second-order valence-electron chi connectivity index (χ2n) is 6.23. The summed E-state index contributed by atoms with van der Waals surface area (Å²) in [6.45, 7) is 1.59. The first-order valence-corrected chi connectivity index (χ1v) is 9.02. The summed E-state index contributed by atoms with van der Waals surface area (Å²) >= 11 is 1.52. The fourth-order valence-corrected chi connectivity index (χ4v) is 3.64. The maximum Gasteiger partial charge on any atom is 0.325 e. The topological polar surface area (TPSA) is 99.2 Å². The van der Waals surface area contributed by atoms with Crippen molar-refractivity contribution < 1.29 is 14.0 Å². The van der Waals surface area contributed by atoms with Gasteiger partial charge in [0.1, 0.15) is 12.1 Å². The number of amides is 3. The number of aromatic nitrogens is 1. The van der Waals surface area contributed by atoms with Crippen molar-refractivity contribution in [2.75, 3.05) is 0 Å². The van der Waals surface area contributed by atoms with Crippen LogP contribution in [0, 0.1) is 11.3 Å². The van der Waals surface area contributed by atoms with Crippen LogP contribution in [0.25, 0.3) is 10.6 Å². The Hall–Kier alpha value is -3.44. The van der Waals surface area contributed by atoms with Crippen LogP contribution in [0.4, 0.5) is 4.79 Å². The standard InChI is InChI=1S/C19H14N4O3S/c1-19(13-6-4-12(9-20)5-7-13)17(24)23(18(25)22-19)11-16-21-10-14(26-16)15-3-2-8-27-15/h2-8,10H,11H2,1H3,(H,22,25). The van der Waals surface area contributed by atoms with Crippen LogP contribution in [0.15, 0.2) is 52.4 Å². The zero-order valence-electron chi connectivity index (χ0n) is 14.3. The molecule has 0 aliphatic carbocycles. The van der Waals surface area contributed by atoms with Crippen molar-refractivity contribution in [3.63, 3.8) is 0 Å². The largest absolute Gasteiger partial charge is 0.438 e. The number of hydrogen-bond acceptors (Lipinski definition) is 6. The van der Waals surface area contributed by atoms with Gasteiger partial charge in [0.15, 0.2) is 5.76 Å². The molecule has 4 rings (SSSR count). The van der Waals surface area contributed by atoms with E-state index in [2.05, 4.69) is 10.3 Å². The number of nitrogens with one attached hydrogen (secondary N) is 1. The lowest BCUT2D eigenvalue weighted by Gasteiger charge is -2.22. The van der Waals surface area contributed by atoms with Crippen LogP contribution in [0.5, 0.6) is 0 Å². The summed E-state index contributed by atoms with van der Waals surface area (Å²) in [6, 6.07) is 11.9. The summed E-state index contributed by atoms with van der Waals surface area (Å²) in [5.74, 6) is 0.487. The Morgan fingerprint density at radius 1 is 1.30 bits per heavy atom. The van der Waals surface area contributed by atoms with E-state index in [1.807, 2.05) is 23.6 Å². The lowest BCUT2D eigenvalue weighted by atomic mass is 9.91. The van der Waals surface area contributed by atoms with E-state index in [1.54, 1.807) is 37.4 Å². The Bertz CT molecular complexity index is 1050. The van der Waals surface area contributed by atoms with E-state index in [9.17, 15) is 9.59 Å². The number of carbonyl (C=O) groups excluding carboxylic acids is 2. The van der Waals surface area contributed by atoms with E-state index in [4.69, 9.17) is 9.68 Å². The number of nitriles is 1. The first kappa shape index (κ1) is 17.0. The number of benzene rings is 1. The Kier molecular flexibility index (Phi) is 4.01. The van der Waals surface area contributed by atoms with E-state index in [0.717, 1.165) is 9.78 Å². The molecule has 1 N–H and O–H groups in total. The highest BCUT2D eigenvalue weighted by Crippen LogP contribution is 2.31. The molecule has 1 aliphatic heterocycles. The molecule has 3 aromatic rings. The maximum absolute atomic E-state index is 12.9. The van der Waals surface area contributed by atoms with Gasteiger partial charge in [-0.1, -0.05) is 18.2 Å². The van der Waals surface area contributed by atoms with Crippen LogP contribution in [-0.2, 0) is 16.9 Å². The quantitative estimate of drug-likeness (QED) is 0.703. The van der Waals surface area contributed by atoms with Crippen molar-refractivity contribution in [2.45, 2.75) is 19.0 Å². The van der Waals surface area contributed by atoms with Crippen LogP contribution in [0.3, 0.4) is 0 Å². The van der Waals surface area contributed by atoms with Gasteiger partial charge >= 0.3 is 6.03 Å². The van der Waals surface area contributed by atoms with Gasteiger partial charge in [-0.3, -0.25) is 9.69 Å². The minimum atomic E-state index is -1.20. The van der Waals surface area contributed by atoms with Crippen molar-refractivity contribution in [2.24, 2.45) is 0 Å². The highest BCUT2D eigenvalue weighted by atomic mass is 32.1. The number of hydrogen-bond donors (Lipinski definition) is 1. The number of urea groups is 1. The molecule has 0 spiro atoms. The highest BCUT2D eigenvalue weighted by molar-refractivity contribution is 7.13. The minimum Gasteiger partial charge on any atom is -0.438 e. The Morgan fingerprint density at radius 2 is 2.07 bits per heavy atom. The second kappa shape index (κ2) is 6.37. The number of nitrogens with zero attached hydrogens (tertiary/aromatic N) is 3. The molecule has 3 heterocycles. The van der Waals surface area contributed by atoms with Crippen molar-refractivity contribution >= 4 is 23.3 Å². The maximum atomic E-state index is 12.9. The summed E-state index contributed by atoms with van der Waals surface area (Å²) < 4.78 is 5.68. The van der Waals surface area contributed by atoms with Gasteiger partial charge in [-0.15, -0.1) is 11.3 Å². The third-order valence-electron chi connectivity index (χ3n) is 4.48. The van der Waals surface area contributed by atoms with Crippen molar-refractivity contribution in [1.29, 1.82) is 5.26 Å². The molecule has 1 unspecified atom stereocenters. The number of oxazole rings is 1. The molecule has 3 amide bonds. The Labute approximate surface area is 158 Å². The molecular formula is C19H14N4O3S. The average molecular weight is 378 g/mol. The average Bonchev–Trinajstić information content (AvgIpc) is 3.40. The molecule has 7 nitrogen and oxygen atoms in total. The molecule has 1 saturated heterocycles. The fourth-order valence-electron chi connectivity index (χ4n) is 2.97. The molecule has 2 aromatic heterocycles. The lowest BCUT2D eigenvalue weighted by Crippen LogP contribution is -2.40. The van der Waals surface area contributed by atoms with E-state index >= 15 is 0 Å². The van der Waals surface area contributed by atoms with Crippen LogP contribution in [0.1, 0.15) is 23.9 Å². The van der Waals surface area contributed by atoms with Gasteiger partial charge in [0.2, 0.25) is 5.89 Å². The zero-order valence-corrected chi connectivity index (χ0v) is 15.1. The molecule has 8 heteroatoms. The van der Waals surface area contributed by atoms with Gasteiger partial charge in [0.25, 0.3) is 5.91 Å². The summed E-state index contributed by atoms with van der Waals surface area (Å²) in [6.07, 6.45) is 1.58. The second-order valence-corrected chi connectivity index (χ2v) is 7.18. The molecule has 1 atom stereocenters. The SMILES string of the molecule is CC1(c2ccc(C#N)cc2)NC(=O)N(Cc2ncc(-c3cccs3)o2)C1=O. The van der Waals surface area contributed by atoms with Gasteiger partial charge < -0.3 is 9.73 Å². The van der Waals surface area contributed by atoms with Crippen molar-refractivity contribution in [1.82, 2.24) is 15.2 Å². The van der Waals surface area contributed by atoms with E-state index in [-0.39, 0.29) is 12.4 Å². The molecule has 27 heavy (non-hydrogen) atoms. The van der Waals surface area contributed by atoms with E-state index in [1.165, 1.54) is 11.3 Å². The third kappa shape index (κ3) is 2.88. The third-order valence-corrected chi connectivity index (χ3v) is 5.36. The van der Waals surface area contributed by atoms with Gasteiger partial charge in [0.05, 0.1) is 22.7 Å². The van der Waals surface area contributed by atoms with Crippen molar-refractivity contribution in [3.05, 3.63) is 65.0 Å². The molecule has 134 valence electrons. The zero-order chi connectivity index (χ0) is 19.0. The van der Waals surface area contributed by atoms with Gasteiger partial charge in [-0.25, -0.2) is 9.78 Å². The van der Waals surface area contributed by atoms with Crippen molar-refractivity contribution in [3.8, 4) is 16.7 Å². The summed E-state index contributed by atoms with van der Waals surface area (Å²) in [5, 5.41) is 13.6. The molecule has 0 radical (unpaired) electrons. The smallest absolute Gasteiger partial charge is 0.325 e. The molecule has 1 fully saturated rings.